The fraction of sp³-hybridized carbons (Fsp3) is 0.417. The Morgan fingerprint density at radius 3 is 3.00 bits per heavy atom. The molecule has 0 atom stereocenters. The van der Waals surface area contributed by atoms with Crippen LogP contribution in [-0.4, -0.2) is 26.3 Å². The molecule has 0 saturated carbocycles. The molecule has 0 saturated heterocycles. The molecule has 1 N–H and O–H groups in total. The molecular formula is C12H17N5. The van der Waals surface area contributed by atoms with E-state index in [1.807, 2.05) is 12.1 Å². The molecule has 2 aromatic rings. The van der Waals surface area contributed by atoms with Crippen molar-refractivity contribution in [1.29, 1.82) is 0 Å². The maximum Gasteiger partial charge on any atom is 0.178 e. The summed E-state index contributed by atoms with van der Waals surface area (Å²) < 4.78 is 1.66. The van der Waals surface area contributed by atoms with Gasteiger partial charge < -0.3 is 5.32 Å². The van der Waals surface area contributed by atoms with Gasteiger partial charge in [-0.1, -0.05) is 13.8 Å². The Bertz CT molecular complexity index is 450. The quantitative estimate of drug-likeness (QED) is 0.856. The Morgan fingerprint density at radius 2 is 2.29 bits per heavy atom. The summed E-state index contributed by atoms with van der Waals surface area (Å²) in [6.07, 6.45) is 6.04. The van der Waals surface area contributed by atoms with Gasteiger partial charge in [0.15, 0.2) is 5.82 Å². The van der Waals surface area contributed by atoms with Gasteiger partial charge in [0.1, 0.15) is 12.7 Å². The zero-order valence-electron chi connectivity index (χ0n) is 10.2. The summed E-state index contributed by atoms with van der Waals surface area (Å²) in [5.41, 5.74) is 0.985. The third kappa shape index (κ3) is 3.03. The monoisotopic (exact) mass is 231 g/mol. The summed E-state index contributed by atoms with van der Waals surface area (Å²) in [4.78, 5) is 8.25. The zero-order valence-corrected chi connectivity index (χ0v) is 10.2. The summed E-state index contributed by atoms with van der Waals surface area (Å²) in [6.45, 7) is 5.36. The standard InChI is InChI=1S/C12H17N5/c1-10(2)5-7-14-11-4-3-6-15-12(11)17-9-13-8-16-17/h3-4,6,8-10,14H,5,7H2,1-2H3. The summed E-state index contributed by atoms with van der Waals surface area (Å²) in [6, 6.07) is 3.92. The Hall–Kier alpha value is -1.91. The van der Waals surface area contributed by atoms with Crippen LogP contribution in [0.4, 0.5) is 5.69 Å². The Labute approximate surface area is 101 Å². The summed E-state index contributed by atoms with van der Waals surface area (Å²) in [5, 5.41) is 7.48. The molecule has 0 aliphatic rings. The molecule has 17 heavy (non-hydrogen) atoms. The lowest BCUT2D eigenvalue weighted by molar-refractivity contribution is 0.607. The Morgan fingerprint density at radius 1 is 1.41 bits per heavy atom. The van der Waals surface area contributed by atoms with Gasteiger partial charge in [-0.2, -0.15) is 5.10 Å². The highest BCUT2D eigenvalue weighted by atomic mass is 15.3. The SMILES string of the molecule is CC(C)CCNc1cccnc1-n1cncn1. The maximum atomic E-state index is 4.32. The summed E-state index contributed by atoms with van der Waals surface area (Å²) >= 11 is 0. The lowest BCUT2D eigenvalue weighted by Gasteiger charge is -2.11. The number of hydrogen-bond acceptors (Lipinski definition) is 4. The number of rotatable bonds is 5. The van der Waals surface area contributed by atoms with Gasteiger partial charge in [0.05, 0.1) is 5.69 Å². The van der Waals surface area contributed by atoms with E-state index in [9.17, 15) is 0 Å². The van der Waals surface area contributed by atoms with Crippen LogP contribution in [0.5, 0.6) is 0 Å². The van der Waals surface area contributed by atoms with Crippen molar-refractivity contribution in [2.75, 3.05) is 11.9 Å². The zero-order chi connectivity index (χ0) is 12.1. The van der Waals surface area contributed by atoms with Crippen molar-refractivity contribution >= 4 is 5.69 Å². The van der Waals surface area contributed by atoms with Crippen LogP contribution in [0.2, 0.25) is 0 Å². The molecule has 0 spiro atoms. The van der Waals surface area contributed by atoms with E-state index in [2.05, 4.69) is 34.2 Å². The highest BCUT2D eigenvalue weighted by molar-refractivity contribution is 5.55. The minimum atomic E-state index is 0.689. The molecule has 5 nitrogen and oxygen atoms in total. The smallest absolute Gasteiger partial charge is 0.178 e. The van der Waals surface area contributed by atoms with Crippen LogP contribution in [0.25, 0.3) is 5.82 Å². The number of nitrogens with one attached hydrogen (secondary N) is 1. The lowest BCUT2D eigenvalue weighted by atomic mass is 10.1. The van der Waals surface area contributed by atoms with Crippen molar-refractivity contribution in [1.82, 2.24) is 19.7 Å². The van der Waals surface area contributed by atoms with Gasteiger partial charge in [0, 0.05) is 12.7 Å². The molecule has 0 aliphatic carbocycles. The number of anilines is 1. The minimum Gasteiger partial charge on any atom is -0.382 e. The first kappa shape index (κ1) is 11.6. The van der Waals surface area contributed by atoms with Gasteiger partial charge in [0.25, 0.3) is 0 Å². The van der Waals surface area contributed by atoms with Gasteiger partial charge in [0.2, 0.25) is 0 Å². The van der Waals surface area contributed by atoms with Crippen molar-refractivity contribution in [3.8, 4) is 5.82 Å². The molecule has 0 aliphatic heterocycles. The normalized spacial score (nSPS) is 10.8. The number of pyridine rings is 1. The van der Waals surface area contributed by atoms with Crippen molar-refractivity contribution in [3.63, 3.8) is 0 Å². The maximum absolute atomic E-state index is 4.32. The van der Waals surface area contributed by atoms with Gasteiger partial charge in [-0.25, -0.2) is 14.6 Å². The van der Waals surface area contributed by atoms with Crippen LogP contribution in [-0.2, 0) is 0 Å². The van der Waals surface area contributed by atoms with Gasteiger partial charge in [-0.3, -0.25) is 0 Å². The van der Waals surface area contributed by atoms with Crippen LogP contribution in [0, 0.1) is 5.92 Å². The Balaban J connectivity index is 2.11. The number of aromatic nitrogens is 4. The second-order valence-electron chi connectivity index (χ2n) is 4.32. The van der Waals surface area contributed by atoms with Crippen molar-refractivity contribution in [2.24, 2.45) is 5.92 Å². The largest absolute Gasteiger partial charge is 0.382 e. The predicted octanol–water partition coefficient (Wildman–Crippen LogP) is 2.12. The van der Waals surface area contributed by atoms with E-state index in [4.69, 9.17) is 0 Å². The fourth-order valence-corrected chi connectivity index (χ4v) is 1.53. The van der Waals surface area contributed by atoms with E-state index in [0.717, 1.165) is 24.5 Å². The molecule has 0 unspecified atom stereocenters. The molecule has 0 aromatic carbocycles. The summed E-state index contributed by atoms with van der Waals surface area (Å²) in [7, 11) is 0. The Kier molecular flexibility index (Phi) is 3.69. The van der Waals surface area contributed by atoms with E-state index in [1.54, 1.807) is 17.2 Å². The molecule has 0 radical (unpaired) electrons. The second-order valence-corrected chi connectivity index (χ2v) is 4.32. The van der Waals surface area contributed by atoms with E-state index in [1.165, 1.54) is 6.33 Å². The molecule has 2 heterocycles. The predicted molar refractivity (Wildman–Crippen MR) is 67.1 cm³/mol. The van der Waals surface area contributed by atoms with Gasteiger partial charge >= 0.3 is 0 Å². The van der Waals surface area contributed by atoms with E-state index in [0.29, 0.717) is 5.92 Å². The molecule has 90 valence electrons. The highest BCUT2D eigenvalue weighted by Gasteiger charge is 2.05. The third-order valence-corrected chi connectivity index (χ3v) is 2.46. The molecule has 5 heteroatoms. The number of nitrogens with zero attached hydrogens (tertiary/aromatic N) is 4. The van der Waals surface area contributed by atoms with Crippen molar-refractivity contribution in [2.45, 2.75) is 20.3 Å². The first-order chi connectivity index (χ1) is 8.27. The molecule has 2 rings (SSSR count). The van der Waals surface area contributed by atoms with Crippen molar-refractivity contribution < 1.29 is 0 Å². The minimum absolute atomic E-state index is 0.689. The van der Waals surface area contributed by atoms with Gasteiger partial charge in [-0.05, 0) is 24.5 Å². The van der Waals surface area contributed by atoms with Crippen molar-refractivity contribution in [3.05, 3.63) is 31.0 Å². The first-order valence-corrected chi connectivity index (χ1v) is 5.81. The van der Waals surface area contributed by atoms with Crippen LogP contribution in [0.3, 0.4) is 0 Å². The van der Waals surface area contributed by atoms with Crippen LogP contribution >= 0.6 is 0 Å². The molecular weight excluding hydrogens is 214 g/mol. The lowest BCUT2D eigenvalue weighted by Crippen LogP contribution is -2.09. The van der Waals surface area contributed by atoms with Crippen LogP contribution < -0.4 is 5.32 Å². The van der Waals surface area contributed by atoms with Crippen LogP contribution in [0.1, 0.15) is 20.3 Å². The molecule has 2 aromatic heterocycles. The number of hydrogen-bond donors (Lipinski definition) is 1. The van der Waals surface area contributed by atoms with Gasteiger partial charge in [-0.15, -0.1) is 0 Å². The third-order valence-electron chi connectivity index (χ3n) is 2.46. The second kappa shape index (κ2) is 5.43. The fourth-order valence-electron chi connectivity index (χ4n) is 1.53. The molecule has 0 bridgehead atoms. The first-order valence-electron chi connectivity index (χ1n) is 5.81. The topological polar surface area (TPSA) is 55.6 Å². The van der Waals surface area contributed by atoms with E-state index >= 15 is 0 Å². The molecule has 0 amide bonds. The summed E-state index contributed by atoms with van der Waals surface area (Å²) in [5.74, 6) is 1.47. The van der Waals surface area contributed by atoms with E-state index in [-0.39, 0.29) is 0 Å². The van der Waals surface area contributed by atoms with E-state index < -0.39 is 0 Å². The highest BCUT2D eigenvalue weighted by Crippen LogP contribution is 2.15. The molecule has 0 fully saturated rings. The van der Waals surface area contributed by atoms with Crippen LogP contribution in [0.15, 0.2) is 31.0 Å². The average molecular weight is 231 g/mol. The average Bonchev–Trinajstić information content (AvgIpc) is 2.82.